The smallest absolute Gasteiger partial charge is 0.416 e. The number of hydrogen-bond acceptors (Lipinski definition) is 6. The van der Waals surface area contributed by atoms with Crippen LogP contribution >= 0.6 is 23.2 Å². The Hall–Kier alpha value is -3.20. The summed E-state index contributed by atoms with van der Waals surface area (Å²) in [4.78, 5) is 39.7. The first-order valence-electron chi connectivity index (χ1n) is 13.8. The lowest BCUT2D eigenvalue weighted by Crippen LogP contribution is -2.56. The SMILES string of the molecule is COc1ccc([C@H](NC(=O)[C@H](CCCCN)NC(=O)C(F)(F)c2ccc(Cl)c(Cl)c2)C(=O)N[C@@H](C(C)C)[C@H](O)C(F)(F)F)cc1. The molecular formula is C29H35Cl2F5N4O5. The molecule has 0 radical (unpaired) electrons. The van der Waals surface area contributed by atoms with Crippen molar-refractivity contribution < 1.29 is 46.2 Å². The Balaban J connectivity index is 2.43. The summed E-state index contributed by atoms with van der Waals surface area (Å²) >= 11 is 11.6. The molecule has 45 heavy (non-hydrogen) atoms. The number of hydrogen-bond donors (Lipinski definition) is 5. The Bertz CT molecular complexity index is 1310. The summed E-state index contributed by atoms with van der Waals surface area (Å²) in [5, 5.41) is 16.1. The van der Waals surface area contributed by atoms with Crippen molar-refractivity contribution in [2.24, 2.45) is 11.7 Å². The average molecular weight is 686 g/mol. The number of amides is 3. The van der Waals surface area contributed by atoms with Crippen LogP contribution in [0, 0.1) is 5.92 Å². The highest BCUT2D eigenvalue weighted by molar-refractivity contribution is 6.42. The summed E-state index contributed by atoms with van der Waals surface area (Å²) in [6.45, 7) is 2.88. The highest BCUT2D eigenvalue weighted by Gasteiger charge is 2.46. The molecule has 6 N–H and O–H groups in total. The van der Waals surface area contributed by atoms with Crippen molar-refractivity contribution in [1.29, 1.82) is 0 Å². The van der Waals surface area contributed by atoms with Gasteiger partial charge in [-0.3, -0.25) is 14.4 Å². The van der Waals surface area contributed by atoms with Gasteiger partial charge in [-0.2, -0.15) is 22.0 Å². The highest BCUT2D eigenvalue weighted by Crippen LogP contribution is 2.33. The van der Waals surface area contributed by atoms with Crippen LogP contribution in [0.5, 0.6) is 5.75 Å². The molecule has 2 aromatic carbocycles. The van der Waals surface area contributed by atoms with Crippen molar-refractivity contribution >= 4 is 40.9 Å². The Labute approximate surface area is 267 Å². The molecule has 250 valence electrons. The first-order valence-corrected chi connectivity index (χ1v) is 14.5. The van der Waals surface area contributed by atoms with Gasteiger partial charge in [0.15, 0.2) is 6.10 Å². The van der Waals surface area contributed by atoms with Crippen LogP contribution in [0.25, 0.3) is 0 Å². The van der Waals surface area contributed by atoms with E-state index in [-0.39, 0.29) is 35.0 Å². The van der Waals surface area contributed by atoms with E-state index in [4.69, 9.17) is 33.7 Å². The zero-order valence-corrected chi connectivity index (χ0v) is 26.1. The Morgan fingerprint density at radius 2 is 1.53 bits per heavy atom. The van der Waals surface area contributed by atoms with Gasteiger partial charge in [-0.25, -0.2) is 0 Å². The predicted molar refractivity (Wildman–Crippen MR) is 158 cm³/mol. The lowest BCUT2D eigenvalue weighted by atomic mass is 9.96. The van der Waals surface area contributed by atoms with E-state index in [0.717, 1.165) is 18.2 Å². The standard InChI is InChI=1S/C29H35Cl2F5N4O5/c1-15(2)22(24(41)29(34,35)36)39-26(43)23(16-7-10-18(45-3)11-8-16)40-25(42)21(6-4-5-13-37)38-27(44)28(32,33)17-9-12-19(30)20(31)14-17/h7-12,14-15,21-24,41H,4-6,13,37H2,1-3H3,(H,38,44)(H,39,43)(H,40,42)/t21-,22-,23-,24-/m0/s1. The molecule has 0 fully saturated rings. The number of carbonyl (C=O) groups excluding carboxylic acids is 3. The van der Waals surface area contributed by atoms with Crippen molar-refractivity contribution in [3.63, 3.8) is 0 Å². The van der Waals surface area contributed by atoms with Crippen molar-refractivity contribution in [1.82, 2.24) is 16.0 Å². The maximum absolute atomic E-state index is 15.1. The zero-order valence-electron chi connectivity index (χ0n) is 24.6. The normalized spacial score (nSPS) is 14.7. The van der Waals surface area contributed by atoms with Gasteiger partial charge in [-0.1, -0.05) is 55.2 Å². The van der Waals surface area contributed by atoms with Gasteiger partial charge >= 0.3 is 12.1 Å². The second kappa shape index (κ2) is 16.4. The average Bonchev–Trinajstić information content (AvgIpc) is 2.98. The van der Waals surface area contributed by atoms with E-state index in [2.05, 4.69) is 10.6 Å². The Kier molecular flexibility index (Phi) is 13.8. The summed E-state index contributed by atoms with van der Waals surface area (Å²) < 4.78 is 75.4. The Morgan fingerprint density at radius 3 is 2.04 bits per heavy atom. The van der Waals surface area contributed by atoms with Crippen LogP contribution in [0.4, 0.5) is 22.0 Å². The lowest BCUT2D eigenvalue weighted by molar-refractivity contribution is -0.215. The fourth-order valence-corrected chi connectivity index (χ4v) is 4.53. The van der Waals surface area contributed by atoms with Gasteiger partial charge in [0.2, 0.25) is 11.8 Å². The number of ether oxygens (including phenoxy) is 1. The molecule has 9 nitrogen and oxygen atoms in total. The number of nitrogens with one attached hydrogen (secondary N) is 3. The first kappa shape index (κ1) is 38.0. The predicted octanol–water partition coefficient (Wildman–Crippen LogP) is 4.63. The topological polar surface area (TPSA) is 143 Å². The van der Waals surface area contributed by atoms with Gasteiger partial charge in [-0.05, 0) is 61.6 Å². The molecular weight excluding hydrogens is 650 g/mol. The summed E-state index contributed by atoms with van der Waals surface area (Å²) in [5.41, 5.74) is 4.80. The molecule has 0 unspecified atom stereocenters. The molecule has 0 bridgehead atoms. The number of rotatable bonds is 15. The van der Waals surface area contributed by atoms with Crippen molar-refractivity contribution in [2.75, 3.05) is 13.7 Å². The van der Waals surface area contributed by atoms with Gasteiger partial charge < -0.3 is 31.5 Å². The maximum atomic E-state index is 15.1. The number of alkyl halides is 5. The molecule has 0 saturated heterocycles. The van der Waals surface area contributed by atoms with Crippen LogP contribution < -0.4 is 26.4 Å². The summed E-state index contributed by atoms with van der Waals surface area (Å²) in [6, 6.07) is 3.23. The molecule has 2 rings (SSSR count). The lowest BCUT2D eigenvalue weighted by Gasteiger charge is -2.31. The van der Waals surface area contributed by atoms with Gasteiger partial charge in [-0.15, -0.1) is 0 Å². The van der Waals surface area contributed by atoms with E-state index in [1.165, 1.54) is 45.2 Å². The number of methoxy groups -OCH3 is 1. The van der Waals surface area contributed by atoms with Crippen LogP contribution in [0.15, 0.2) is 42.5 Å². The third-order valence-corrected chi connectivity index (χ3v) is 7.58. The third kappa shape index (κ3) is 10.4. The van der Waals surface area contributed by atoms with E-state index in [1.807, 2.05) is 5.32 Å². The fourth-order valence-electron chi connectivity index (χ4n) is 4.23. The molecule has 3 amide bonds. The number of aliphatic hydroxyl groups excluding tert-OH is 1. The molecule has 16 heteroatoms. The van der Waals surface area contributed by atoms with Gasteiger partial charge in [0.1, 0.15) is 17.8 Å². The van der Waals surface area contributed by atoms with Gasteiger partial charge in [0.05, 0.1) is 23.2 Å². The first-order chi connectivity index (χ1) is 20.9. The molecule has 2 aromatic rings. The number of benzene rings is 2. The third-order valence-electron chi connectivity index (χ3n) is 6.84. The largest absolute Gasteiger partial charge is 0.497 e. The number of nitrogens with two attached hydrogens (primary N) is 1. The highest BCUT2D eigenvalue weighted by atomic mass is 35.5. The van der Waals surface area contributed by atoms with Crippen LogP contribution in [-0.2, 0) is 20.3 Å². The Morgan fingerprint density at radius 1 is 0.911 bits per heavy atom. The van der Waals surface area contributed by atoms with Gasteiger partial charge in [0.25, 0.3) is 5.91 Å². The zero-order chi connectivity index (χ0) is 34.1. The number of halogens is 7. The second-order valence-corrected chi connectivity index (χ2v) is 11.3. The monoisotopic (exact) mass is 684 g/mol. The minimum Gasteiger partial charge on any atom is -0.497 e. The molecule has 0 saturated carbocycles. The van der Waals surface area contributed by atoms with E-state index in [1.54, 1.807) is 0 Å². The van der Waals surface area contributed by atoms with Crippen molar-refractivity contribution in [2.45, 2.75) is 69.4 Å². The van der Waals surface area contributed by atoms with E-state index < -0.39 is 65.5 Å². The van der Waals surface area contributed by atoms with Gasteiger partial charge in [0, 0.05) is 5.56 Å². The maximum Gasteiger partial charge on any atom is 0.416 e. The summed E-state index contributed by atoms with van der Waals surface area (Å²) in [5.74, 6) is -8.78. The van der Waals surface area contributed by atoms with Crippen molar-refractivity contribution in [3.8, 4) is 5.75 Å². The van der Waals surface area contributed by atoms with E-state index >= 15 is 8.78 Å². The molecule has 0 aliphatic heterocycles. The van der Waals surface area contributed by atoms with E-state index in [0.29, 0.717) is 12.2 Å². The quantitative estimate of drug-likeness (QED) is 0.137. The molecule has 0 aromatic heterocycles. The molecule has 0 heterocycles. The number of unbranched alkanes of at least 4 members (excludes halogenated alkanes) is 1. The summed E-state index contributed by atoms with van der Waals surface area (Å²) in [7, 11) is 1.37. The molecule has 0 spiro atoms. The number of carbonyl (C=O) groups is 3. The van der Waals surface area contributed by atoms with Crippen LogP contribution in [0.1, 0.15) is 50.3 Å². The molecule has 0 aliphatic rings. The minimum atomic E-state index is -5.07. The fraction of sp³-hybridized carbons (Fsp3) is 0.483. The second-order valence-electron chi connectivity index (χ2n) is 10.5. The minimum absolute atomic E-state index is 0.0269. The molecule has 0 aliphatic carbocycles. The summed E-state index contributed by atoms with van der Waals surface area (Å²) in [6.07, 6.45) is -7.61. The van der Waals surface area contributed by atoms with Crippen LogP contribution in [-0.4, -0.2) is 60.8 Å². The molecule has 4 atom stereocenters. The number of aliphatic hydroxyl groups is 1. The van der Waals surface area contributed by atoms with Crippen molar-refractivity contribution in [3.05, 3.63) is 63.6 Å². The van der Waals surface area contributed by atoms with E-state index in [9.17, 15) is 32.7 Å². The van der Waals surface area contributed by atoms with Crippen LogP contribution in [0.3, 0.4) is 0 Å². The van der Waals surface area contributed by atoms with Crippen LogP contribution in [0.2, 0.25) is 10.0 Å².